The molecule has 18 heavy (non-hydrogen) atoms. The Morgan fingerprint density at radius 2 is 1.78 bits per heavy atom. The number of unbranched alkanes of at least 4 members (excludes halogenated alkanes) is 1. The first kappa shape index (κ1) is 17.1. The third-order valence-electron chi connectivity index (χ3n) is 2.88. The lowest BCUT2D eigenvalue weighted by molar-refractivity contribution is -0.153. The fourth-order valence-corrected chi connectivity index (χ4v) is 1.74. The summed E-state index contributed by atoms with van der Waals surface area (Å²) in [5, 5.41) is 0. The number of ether oxygens (including phenoxy) is 2. The second-order valence-electron chi connectivity index (χ2n) is 4.63. The molecule has 0 saturated heterocycles. The minimum Gasteiger partial charge on any atom is -0.462 e. The predicted octanol–water partition coefficient (Wildman–Crippen LogP) is 2.88. The lowest BCUT2D eigenvalue weighted by Crippen LogP contribution is -2.24. The molecule has 106 valence electrons. The van der Waals surface area contributed by atoms with E-state index in [1.165, 1.54) is 6.92 Å². The summed E-state index contributed by atoms with van der Waals surface area (Å²) in [6, 6.07) is 0. The normalized spacial score (nSPS) is 14.0. The van der Waals surface area contributed by atoms with Crippen LogP contribution in [0.2, 0.25) is 0 Å². The number of ketones is 1. The number of carbonyl (C=O) groups is 2. The molecule has 0 heterocycles. The summed E-state index contributed by atoms with van der Waals surface area (Å²) >= 11 is 0. The Balaban J connectivity index is 4.08. The molecule has 0 aliphatic carbocycles. The monoisotopic (exact) mass is 258 g/mol. The van der Waals surface area contributed by atoms with Crippen molar-refractivity contribution in [3.05, 3.63) is 0 Å². The van der Waals surface area contributed by atoms with Crippen molar-refractivity contribution in [2.24, 2.45) is 0 Å². The van der Waals surface area contributed by atoms with Gasteiger partial charge in [0.05, 0.1) is 12.5 Å². The Morgan fingerprint density at radius 3 is 2.22 bits per heavy atom. The van der Waals surface area contributed by atoms with E-state index in [4.69, 9.17) is 9.47 Å². The van der Waals surface area contributed by atoms with E-state index in [2.05, 4.69) is 6.92 Å². The smallest absolute Gasteiger partial charge is 0.308 e. The van der Waals surface area contributed by atoms with Gasteiger partial charge in [-0.25, -0.2) is 0 Å². The summed E-state index contributed by atoms with van der Waals surface area (Å²) in [7, 11) is 1.61. The van der Waals surface area contributed by atoms with E-state index in [1.807, 2.05) is 6.92 Å². The van der Waals surface area contributed by atoms with E-state index in [1.54, 1.807) is 7.11 Å². The first-order valence-electron chi connectivity index (χ1n) is 6.75. The molecule has 0 aromatic carbocycles. The molecule has 0 amide bonds. The number of Topliss-reactive ketones (excluding diaryl/α,β-unsaturated/α-hetero) is 1. The molecule has 4 nitrogen and oxygen atoms in total. The van der Waals surface area contributed by atoms with Crippen molar-refractivity contribution in [3.63, 3.8) is 0 Å². The summed E-state index contributed by atoms with van der Waals surface area (Å²) in [5.41, 5.74) is 0. The van der Waals surface area contributed by atoms with Gasteiger partial charge in [0.25, 0.3) is 0 Å². The Bertz CT molecular complexity index is 250. The van der Waals surface area contributed by atoms with Crippen molar-refractivity contribution >= 4 is 11.8 Å². The van der Waals surface area contributed by atoms with Crippen molar-refractivity contribution < 1.29 is 19.1 Å². The molecule has 4 heteroatoms. The Kier molecular flexibility index (Phi) is 9.56. The lowest BCUT2D eigenvalue weighted by atomic mass is 10.1. The number of hydrogen-bond donors (Lipinski definition) is 0. The average Bonchev–Trinajstić information content (AvgIpc) is 2.32. The molecule has 2 unspecified atom stereocenters. The Labute approximate surface area is 110 Å². The second-order valence-corrected chi connectivity index (χ2v) is 4.63. The highest BCUT2D eigenvalue weighted by atomic mass is 16.5. The molecule has 0 bridgehead atoms. The molecule has 0 N–H and O–H groups in total. The summed E-state index contributed by atoms with van der Waals surface area (Å²) < 4.78 is 10.5. The zero-order valence-corrected chi connectivity index (χ0v) is 12.0. The van der Waals surface area contributed by atoms with Gasteiger partial charge in [0.2, 0.25) is 0 Å². The van der Waals surface area contributed by atoms with Crippen molar-refractivity contribution in [3.8, 4) is 0 Å². The van der Waals surface area contributed by atoms with Crippen LogP contribution < -0.4 is 0 Å². The van der Waals surface area contributed by atoms with Crippen LogP contribution in [0.5, 0.6) is 0 Å². The van der Waals surface area contributed by atoms with Crippen LogP contribution in [-0.4, -0.2) is 31.1 Å². The van der Waals surface area contributed by atoms with E-state index in [-0.39, 0.29) is 30.4 Å². The van der Waals surface area contributed by atoms with Crippen LogP contribution in [0.25, 0.3) is 0 Å². The molecule has 0 fully saturated rings. The highest BCUT2D eigenvalue weighted by molar-refractivity contribution is 5.77. The molecule has 0 saturated carbocycles. The zero-order valence-electron chi connectivity index (χ0n) is 12.0. The van der Waals surface area contributed by atoms with E-state index >= 15 is 0 Å². The van der Waals surface area contributed by atoms with Crippen LogP contribution in [0.4, 0.5) is 0 Å². The minimum atomic E-state index is -0.293. The van der Waals surface area contributed by atoms with Crippen molar-refractivity contribution in [2.75, 3.05) is 7.11 Å². The summed E-state index contributed by atoms with van der Waals surface area (Å²) in [6.07, 6.45) is 3.85. The Hall–Kier alpha value is -0.900. The maximum absolute atomic E-state index is 11.7. The third-order valence-corrected chi connectivity index (χ3v) is 2.88. The molecule has 0 aliphatic rings. The molecule has 0 rings (SSSR count). The molecular weight excluding hydrogens is 232 g/mol. The molecule has 0 aliphatic heterocycles. The van der Waals surface area contributed by atoms with Crippen LogP contribution in [0.3, 0.4) is 0 Å². The van der Waals surface area contributed by atoms with Gasteiger partial charge in [-0.1, -0.05) is 26.7 Å². The van der Waals surface area contributed by atoms with Gasteiger partial charge >= 0.3 is 5.97 Å². The number of methoxy groups -OCH3 is 1. The predicted molar refractivity (Wildman–Crippen MR) is 70.4 cm³/mol. The molecule has 0 spiro atoms. The van der Waals surface area contributed by atoms with Crippen molar-refractivity contribution in [2.45, 2.75) is 71.5 Å². The standard InChI is InChI=1S/C14H26O4/c1-5-7-8-13(17-4)10-14(16)18-12(6-2)9-11(3)15/h12-13H,5-10H2,1-4H3. The topological polar surface area (TPSA) is 52.6 Å². The number of hydrogen-bond acceptors (Lipinski definition) is 4. The number of carbonyl (C=O) groups excluding carboxylic acids is 2. The highest BCUT2D eigenvalue weighted by Gasteiger charge is 2.18. The Morgan fingerprint density at radius 1 is 1.11 bits per heavy atom. The number of rotatable bonds is 10. The highest BCUT2D eigenvalue weighted by Crippen LogP contribution is 2.12. The minimum absolute atomic E-state index is 0.0453. The van der Waals surface area contributed by atoms with E-state index in [9.17, 15) is 9.59 Å². The fraction of sp³-hybridized carbons (Fsp3) is 0.857. The van der Waals surface area contributed by atoms with Gasteiger partial charge in [0.1, 0.15) is 11.9 Å². The van der Waals surface area contributed by atoms with Crippen LogP contribution in [0.15, 0.2) is 0 Å². The maximum Gasteiger partial charge on any atom is 0.308 e. The van der Waals surface area contributed by atoms with Gasteiger partial charge < -0.3 is 9.47 Å². The van der Waals surface area contributed by atoms with Gasteiger partial charge in [0, 0.05) is 13.5 Å². The van der Waals surface area contributed by atoms with Gasteiger partial charge in [-0.15, -0.1) is 0 Å². The van der Waals surface area contributed by atoms with Gasteiger partial charge in [0.15, 0.2) is 0 Å². The lowest BCUT2D eigenvalue weighted by Gasteiger charge is -2.18. The van der Waals surface area contributed by atoms with E-state index in [0.717, 1.165) is 19.3 Å². The molecular formula is C14H26O4. The quantitative estimate of drug-likeness (QED) is 0.565. The third kappa shape index (κ3) is 8.23. The molecule has 0 aromatic heterocycles. The van der Waals surface area contributed by atoms with Crippen LogP contribution in [-0.2, 0) is 19.1 Å². The summed E-state index contributed by atoms with van der Waals surface area (Å²) in [4.78, 5) is 22.7. The largest absolute Gasteiger partial charge is 0.462 e. The SMILES string of the molecule is CCCCC(CC(=O)OC(CC)CC(C)=O)OC. The van der Waals surface area contributed by atoms with Gasteiger partial charge in [-0.3, -0.25) is 9.59 Å². The first-order chi connectivity index (χ1) is 8.53. The second kappa shape index (κ2) is 10.1. The van der Waals surface area contributed by atoms with E-state index < -0.39 is 0 Å². The number of esters is 1. The average molecular weight is 258 g/mol. The first-order valence-corrected chi connectivity index (χ1v) is 6.75. The summed E-state index contributed by atoms with van der Waals surface area (Å²) in [6.45, 7) is 5.52. The molecule has 0 radical (unpaired) electrons. The van der Waals surface area contributed by atoms with E-state index in [0.29, 0.717) is 12.8 Å². The molecule has 0 aromatic rings. The maximum atomic E-state index is 11.7. The van der Waals surface area contributed by atoms with Crippen molar-refractivity contribution in [1.82, 2.24) is 0 Å². The fourth-order valence-electron chi connectivity index (χ4n) is 1.74. The summed E-state index contributed by atoms with van der Waals surface area (Å²) in [5.74, 6) is -0.227. The van der Waals surface area contributed by atoms with Crippen molar-refractivity contribution in [1.29, 1.82) is 0 Å². The van der Waals surface area contributed by atoms with Crippen LogP contribution in [0, 0.1) is 0 Å². The zero-order chi connectivity index (χ0) is 14.0. The van der Waals surface area contributed by atoms with Gasteiger partial charge in [-0.05, 0) is 19.8 Å². The van der Waals surface area contributed by atoms with Gasteiger partial charge in [-0.2, -0.15) is 0 Å². The molecule has 2 atom stereocenters. The van der Waals surface area contributed by atoms with Crippen LogP contribution in [0.1, 0.15) is 59.3 Å². The van der Waals surface area contributed by atoms with Crippen LogP contribution >= 0.6 is 0 Å².